The minimum Gasteiger partial charge on any atom is -0.481 e. The number of nitrogens with two attached hydrogens (primary N) is 1. The zero-order valence-electron chi connectivity index (χ0n) is 24.1. The molecule has 1 heterocycles. The highest BCUT2D eigenvalue weighted by atomic mass is 35.5. The van der Waals surface area contributed by atoms with Gasteiger partial charge in [-0.2, -0.15) is 13.9 Å². The van der Waals surface area contributed by atoms with Gasteiger partial charge in [0.05, 0.1) is 45.9 Å². The number of amides is 1. The third-order valence-electron chi connectivity index (χ3n) is 10.7. The van der Waals surface area contributed by atoms with E-state index in [2.05, 4.69) is 18.9 Å². The largest absolute Gasteiger partial charge is 0.481 e. The Morgan fingerprint density at radius 3 is 2.35 bits per heavy atom. The lowest BCUT2D eigenvalue weighted by atomic mass is 9.93. The summed E-state index contributed by atoms with van der Waals surface area (Å²) in [7, 11) is 0. The number of carbonyl (C=O) groups excluding carboxylic acids is 2. The Balaban J connectivity index is 1.37. The highest BCUT2D eigenvalue weighted by Gasteiger charge is 2.73. The Kier molecular flexibility index (Phi) is 7.10. The van der Waals surface area contributed by atoms with Crippen molar-refractivity contribution in [2.24, 2.45) is 34.8 Å². The summed E-state index contributed by atoms with van der Waals surface area (Å²) < 4.78 is 32.8. The number of aromatic nitrogens is 2. The smallest absolute Gasteiger partial charge is 0.308 e. The number of allylic oxidation sites excluding steroid dienone is 2. The Hall–Kier alpha value is -2.82. The molecular formula is C31H34Cl2F2N4O4. The van der Waals surface area contributed by atoms with Crippen molar-refractivity contribution in [2.45, 2.75) is 70.0 Å². The minimum atomic E-state index is -3.55. The molecule has 4 aliphatic carbocycles. The summed E-state index contributed by atoms with van der Waals surface area (Å²) in [5, 5.41) is 14.0. The number of halogens is 4. The van der Waals surface area contributed by atoms with Gasteiger partial charge >= 0.3 is 11.9 Å². The van der Waals surface area contributed by atoms with Crippen LogP contribution in [-0.2, 0) is 10.7 Å². The lowest BCUT2D eigenvalue weighted by Gasteiger charge is -2.33. The molecule has 0 saturated heterocycles. The highest BCUT2D eigenvalue weighted by Crippen LogP contribution is 2.69. The van der Waals surface area contributed by atoms with Gasteiger partial charge < -0.3 is 15.7 Å². The molecule has 6 rings (SSSR count). The number of rotatable bonds is 9. The molecule has 230 valence electrons. The van der Waals surface area contributed by atoms with Crippen molar-refractivity contribution in [3.8, 4) is 0 Å². The molecular weight excluding hydrogens is 601 g/mol. The van der Waals surface area contributed by atoms with Crippen LogP contribution in [0.15, 0.2) is 36.5 Å². The monoisotopic (exact) mass is 634 g/mol. The molecule has 43 heavy (non-hydrogen) atoms. The lowest BCUT2D eigenvalue weighted by molar-refractivity contribution is -0.139. The summed E-state index contributed by atoms with van der Waals surface area (Å²) in [6.07, 6.45) is 4.78. The first-order chi connectivity index (χ1) is 20.1. The topological polar surface area (TPSA) is 119 Å². The maximum Gasteiger partial charge on any atom is 0.308 e. The van der Waals surface area contributed by atoms with E-state index in [0.717, 1.165) is 6.20 Å². The van der Waals surface area contributed by atoms with Crippen molar-refractivity contribution in [1.82, 2.24) is 14.7 Å². The number of hydrogen-bond donors (Lipinski definition) is 2. The zero-order valence-corrected chi connectivity index (χ0v) is 25.6. The van der Waals surface area contributed by atoms with Gasteiger partial charge in [-0.3, -0.25) is 19.1 Å². The average Bonchev–Trinajstić information content (AvgIpc) is 3.36. The van der Waals surface area contributed by atoms with E-state index >= 15 is 8.78 Å². The van der Waals surface area contributed by atoms with Gasteiger partial charge in [-0.25, -0.2) is 0 Å². The quantitative estimate of drug-likeness (QED) is 0.259. The van der Waals surface area contributed by atoms with Crippen molar-refractivity contribution in [3.05, 3.63) is 63.4 Å². The molecule has 2 aromatic rings. The van der Waals surface area contributed by atoms with Gasteiger partial charge in [-0.15, -0.1) is 0 Å². The average molecular weight is 636 g/mol. The molecule has 1 aromatic carbocycles. The molecule has 0 radical (unpaired) electrons. The summed E-state index contributed by atoms with van der Waals surface area (Å²) in [5.41, 5.74) is 5.23. The molecule has 1 amide bonds. The first kappa shape index (κ1) is 30.2. The number of Topliss-reactive ketones (excluding diaryl/α,β-unsaturated/α-hetero) is 1. The summed E-state index contributed by atoms with van der Waals surface area (Å²) in [6.45, 7) is 5.17. The van der Waals surface area contributed by atoms with Crippen LogP contribution in [0.1, 0.15) is 78.9 Å². The SMILES string of the molecule is CC=CC(F)(F)c1c(C(=O)N(CC(=O)c2c(Cl)cccc2Cl)C2CC3C(C)(C)C3(N)C2)cnn1C1CC2C(C1)C2C(=O)O. The van der Waals surface area contributed by atoms with Gasteiger partial charge in [-0.1, -0.05) is 49.2 Å². The van der Waals surface area contributed by atoms with E-state index in [1.807, 2.05) is 0 Å². The number of carboxylic acid groups (broad SMARTS) is 1. The number of carboxylic acids is 1. The van der Waals surface area contributed by atoms with Crippen LogP contribution in [0.5, 0.6) is 0 Å². The van der Waals surface area contributed by atoms with Crippen molar-refractivity contribution in [3.63, 3.8) is 0 Å². The Morgan fingerprint density at radius 1 is 1.19 bits per heavy atom. The molecule has 8 nitrogen and oxygen atoms in total. The van der Waals surface area contributed by atoms with Crippen molar-refractivity contribution < 1.29 is 28.3 Å². The van der Waals surface area contributed by atoms with Crippen LogP contribution in [0.3, 0.4) is 0 Å². The Labute approximate surface area is 258 Å². The fourth-order valence-corrected chi connectivity index (χ4v) is 8.82. The van der Waals surface area contributed by atoms with Gasteiger partial charge in [0.1, 0.15) is 5.69 Å². The standard InChI is InChI=1S/C31H34Cl2F2N4O4/c1-4-8-31(34,35)26-19(13-37-39(26)15-9-17-18(10-15)24(17)28(42)43)27(41)38(16-11-23-29(2,3)30(23,36)12-16)14-22(40)25-20(32)6-5-7-21(25)33/h4-8,13,15-18,23-24H,9-12,14,36H2,1-3H3,(H,42,43). The summed E-state index contributed by atoms with van der Waals surface area (Å²) in [6, 6.07) is 3.71. The molecule has 4 aliphatic rings. The molecule has 3 N–H and O–H groups in total. The number of aliphatic carboxylic acids is 1. The van der Waals surface area contributed by atoms with Gasteiger partial charge in [0.25, 0.3) is 5.91 Å². The number of nitrogens with zero attached hydrogens (tertiary/aromatic N) is 3. The van der Waals surface area contributed by atoms with Crippen LogP contribution in [0.2, 0.25) is 10.0 Å². The maximum atomic E-state index is 15.8. The van der Waals surface area contributed by atoms with E-state index in [9.17, 15) is 19.5 Å². The summed E-state index contributed by atoms with van der Waals surface area (Å²) >= 11 is 12.6. The number of fused-ring (bicyclic) bond motifs is 2. The van der Waals surface area contributed by atoms with Gasteiger partial charge in [-0.05, 0) is 74.0 Å². The molecule has 4 fully saturated rings. The van der Waals surface area contributed by atoms with Crippen LogP contribution < -0.4 is 5.73 Å². The fraction of sp³-hybridized carbons (Fsp3) is 0.548. The van der Waals surface area contributed by atoms with Gasteiger partial charge in [0, 0.05) is 11.6 Å². The van der Waals surface area contributed by atoms with E-state index in [0.29, 0.717) is 31.8 Å². The van der Waals surface area contributed by atoms with E-state index in [1.54, 1.807) is 6.07 Å². The molecule has 12 heteroatoms. The number of carbonyl (C=O) groups is 3. The molecule has 5 atom stereocenters. The lowest BCUT2D eigenvalue weighted by Crippen LogP contribution is -2.46. The predicted molar refractivity (Wildman–Crippen MR) is 156 cm³/mol. The molecule has 4 saturated carbocycles. The molecule has 1 aromatic heterocycles. The number of ketones is 1. The molecule has 0 spiro atoms. The number of benzene rings is 1. The van der Waals surface area contributed by atoms with Crippen molar-refractivity contribution in [1.29, 1.82) is 0 Å². The normalized spacial score (nSPS) is 32.0. The Bertz CT molecular complexity index is 1530. The van der Waals surface area contributed by atoms with Crippen molar-refractivity contribution >= 4 is 40.9 Å². The molecule has 0 bridgehead atoms. The van der Waals surface area contributed by atoms with E-state index in [4.69, 9.17) is 28.9 Å². The van der Waals surface area contributed by atoms with Gasteiger partial charge in [0.2, 0.25) is 0 Å². The second-order valence-electron chi connectivity index (χ2n) is 13.2. The van der Waals surface area contributed by atoms with Crippen LogP contribution in [0, 0.1) is 29.1 Å². The second-order valence-corrected chi connectivity index (χ2v) is 14.0. The van der Waals surface area contributed by atoms with E-state index in [-0.39, 0.29) is 44.3 Å². The first-order valence-electron chi connectivity index (χ1n) is 14.5. The van der Waals surface area contributed by atoms with Gasteiger partial charge in [0.15, 0.2) is 5.78 Å². The maximum absolute atomic E-state index is 15.8. The third-order valence-corrected chi connectivity index (χ3v) is 11.3. The second kappa shape index (κ2) is 10.1. The third kappa shape index (κ3) is 4.63. The van der Waals surface area contributed by atoms with E-state index in [1.165, 1.54) is 34.7 Å². The van der Waals surface area contributed by atoms with Crippen LogP contribution in [0.25, 0.3) is 0 Å². The van der Waals surface area contributed by atoms with Crippen LogP contribution >= 0.6 is 23.2 Å². The van der Waals surface area contributed by atoms with Crippen LogP contribution in [-0.4, -0.2) is 55.6 Å². The first-order valence-corrected chi connectivity index (χ1v) is 15.3. The zero-order chi connectivity index (χ0) is 31.2. The fourth-order valence-electron chi connectivity index (χ4n) is 8.21. The minimum absolute atomic E-state index is 0.0583. The Morgan fingerprint density at radius 2 is 1.81 bits per heavy atom. The van der Waals surface area contributed by atoms with Crippen molar-refractivity contribution in [2.75, 3.05) is 6.54 Å². The highest BCUT2D eigenvalue weighted by molar-refractivity contribution is 6.40. The summed E-state index contributed by atoms with van der Waals surface area (Å²) in [4.78, 5) is 40.8. The molecule has 5 unspecified atom stereocenters. The number of hydrogen-bond acceptors (Lipinski definition) is 5. The van der Waals surface area contributed by atoms with Crippen LogP contribution in [0.4, 0.5) is 8.78 Å². The summed E-state index contributed by atoms with van der Waals surface area (Å²) in [5.74, 6) is -6.24. The predicted octanol–water partition coefficient (Wildman–Crippen LogP) is 5.98. The van der Waals surface area contributed by atoms with E-state index < -0.39 is 59.4 Å². The molecule has 0 aliphatic heterocycles. The number of alkyl halides is 2.